The summed E-state index contributed by atoms with van der Waals surface area (Å²) in [4.78, 5) is 2.30. The zero-order chi connectivity index (χ0) is 13.2. The van der Waals surface area contributed by atoms with Crippen LogP contribution in [0, 0.1) is 0 Å². The first-order valence-electron chi connectivity index (χ1n) is 6.23. The minimum Gasteiger partial charge on any atom is -0.377 e. The van der Waals surface area contributed by atoms with Gasteiger partial charge in [0.05, 0.1) is 16.3 Å². The molecule has 0 radical (unpaired) electrons. The summed E-state index contributed by atoms with van der Waals surface area (Å²) >= 11 is 12.3. The fourth-order valence-corrected chi connectivity index (χ4v) is 3.11. The monoisotopic (exact) mass is 287 g/mol. The Hall–Kier alpha value is -0.440. The Morgan fingerprint density at radius 3 is 2.89 bits per heavy atom. The van der Waals surface area contributed by atoms with Crippen LogP contribution in [-0.4, -0.2) is 25.8 Å². The zero-order valence-corrected chi connectivity index (χ0v) is 12.4. The van der Waals surface area contributed by atoms with E-state index in [4.69, 9.17) is 27.9 Å². The molecule has 0 aliphatic carbocycles. The van der Waals surface area contributed by atoms with Crippen LogP contribution in [0.15, 0.2) is 18.2 Å². The van der Waals surface area contributed by atoms with Crippen LogP contribution in [0.5, 0.6) is 0 Å². The van der Waals surface area contributed by atoms with E-state index in [0.29, 0.717) is 5.88 Å². The molecule has 1 aromatic rings. The predicted octanol–water partition coefficient (Wildman–Crippen LogP) is 4.08. The van der Waals surface area contributed by atoms with Crippen molar-refractivity contribution in [3.05, 3.63) is 28.8 Å². The fraction of sp³-hybridized carbons (Fsp3) is 0.571. The van der Waals surface area contributed by atoms with Gasteiger partial charge in [-0.05, 0) is 31.4 Å². The van der Waals surface area contributed by atoms with E-state index >= 15 is 0 Å². The minimum absolute atomic E-state index is 0.0962. The number of benzene rings is 1. The van der Waals surface area contributed by atoms with Gasteiger partial charge in [-0.2, -0.15) is 0 Å². The number of rotatable bonds is 3. The molecule has 1 saturated heterocycles. The molecule has 1 aliphatic rings. The standard InChI is InChI=1S/C14H19Cl2NO/c1-14(18-2)7-4-8-17(10-14)13-11(9-15)5-3-6-12(13)16/h3,5-6H,4,7-10H2,1-2H3. The second kappa shape index (κ2) is 5.68. The van der Waals surface area contributed by atoms with Crippen molar-refractivity contribution in [2.45, 2.75) is 31.2 Å². The van der Waals surface area contributed by atoms with Crippen LogP contribution >= 0.6 is 23.2 Å². The van der Waals surface area contributed by atoms with Crippen LogP contribution in [0.25, 0.3) is 0 Å². The van der Waals surface area contributed by atoms with E-state index in [1.807, 2.05) is 18.2 Å². The quantitative estimate of drug-likeness (QED) is 0.777. The van der Waals surface area contributed by atoms with Crippen LogP contribution in [0.2, 0.25) is 5.02 Å². The van der Waals surface area contributed by atoms with E-state index in [1.165, 1.54) is 0 Å². The summed E-state index contributed by atoms with van der Waals surface area (Å²) in [5.41, 5.74) is 2.06. The Balaban J connectivity index is 2.31. The fourth-order valence-electron chi connectivity index (χ4n) is 2.59. The number of hydrogen-bond donors (Lipinski definition) is 0. The third-order valence-electron chi connectivity index (χ3n) is 3.68. The number of para-hydroxylation sites is 1. The van der Waals surface area contributed by atoms with Crippen molar-refractivity contribution in [3.63, 3.8) is 0 Å². The molecule has 0 bridgehead atoms. The SMILES string of the molecule is COC1(C)CCCN(c2c(Cl)cccc2CCl)C1. The highest BCUT2D eigenvalue weighted by molar-refractivity contribution is 6.33. The van der Waals surface area contributed by atoms with E-state index in [1.54, 1.807) is 7.11 Å². The van der Waals surface area contributed by atoms with Gasteiger partial charge in [-0.1, -0.05) is 23.7 Å². The third-order valence-corrected chi connectivity index (χ3v) is 4.28. The highest BCUT2D eigenvalue weighted by atomic mass is 35.5. The summed E-state index contributed by atoms with van der Waals surface area (Å²) in [5.74, 6) is 0.482. The van der Waals surface area contributed by atoms with Gasteiger partial charge >= 0.3 is 0 Å². The average Bonchev–Trinajstić information content (AvgIpc) is 2.38. The maximum atomic E-state index is 6.34. The van der Waals surface area contributed by atoms with E-state index in [2.05, 4.69) is 11.8 Å². The third kappa shape index (κ3) is 2.76. The zero-order valence-electron chi connectivity index (χ0n) is 10.9. The maximum absolute atomic E-state index is 6.34. The number of anilines is 1. The molecular weight excluding hydrogens is 269 g/mol. The highest BCUT2D eigenvalue weighted by Gasteiger charge is 2.32. The summed E-state index contributed by atoms with van der Waals surface area (Å²) in [6.45, 7) is 4.01. The van der Waals surface area contributed by atoms with Gasteiger partial charge in [0, 0.05) is 26.1 Å². The molecule has 4 heteroatoms. The molecule has 100 valence electrons. The van der Waals surface area contributed by atoms with Gasteiger partial charge in [0.25, 0.3) is 0 Å². The van der Waals surface area contributed by atoms with Gasteiger partial charge < -0.3 is 9.64 Å². The van der Waals surface area contributed by atoms with Crippen molar-refractivity contribution < 1.29 is 4.74 Å². The molecule has 0 amide bonds. The normalized spacial score (nSPS) is 24.3. The first-order chi connectivity index (χ1) is 8.59. The molecule has 1 aliphatic heterocycles. The van der Waals surface area contributed by atoms with Crippen molar-refractivity contribution in [2.24, 2.45) is 0 Å². The summed E-state index contributed by atoms with van der Waals surface area (Å²) in [7, 11) is 1.78. The van der Waals surface area contributed by atoms with E-state index in [0.717, 1.165) is 42.2 Å². The van der Waals surface area contributed by atoms with Crippen molar-refractivity contribution in [1.29, 1.82) is 0 Å². The highest BCUT2D eigenvalue weighted by Crippen LogP contribution is 2.35. The van der Waals surface area contributed by atoms with Crippen LogP contribution in [-0.2, 0) is 10.6 Å². The number of methoxy groups -OCH3 is 1. The second-order valence-corrected chi connectivity index (χ2v) is 5.73. The Kier molecular flexibility index (Phi) is 4.41. The molecule has 1 fully saturated rings. The molecule has 0 spiro atoms. The molecule has 1 unspecified atom stereocenters. The Labute approximate surface area is 119 Å². The van der Waals surface area contributed by atoms with Crippen LogP contribution < -0.4 is 4.90 Å². The maximum Gasteiger partial charge on any atom is 0.0825 e. The van der Waals surface area contributed by atoms with Crippen LogP contribution in [0.4, 0.5) is 5.69 Å². The predicted molar refractivity (Wildman–Crippen MR) is 77.9 cm³/mol. The van der Waals surface area contributed by atoms with Crippen molar-refractivity contribution >= 4 is 28.9 Å². The largest absolute Gasteiger partial charge is 0.377 e. The summed E-state index contributed by atoms with van der Waals surface area (Å²) in [6, 6.07) is 5.90. The lowest BCUT2D eigenvalue weighted by Crippen LogP contribution is -2.47. The Morgan fingerprint density at radius 1 is 1.44 bits per heavy atom. The molecular formula is C14H19Cl2NO. The number of ether oxygens (including phenoxy) is 1. The molecule has 2 rings (SSSR count). The lowest BCUT2D eigenvalue weighted by Gasteiger charge is -2.41. The molecule has 1 atom stereocenters. The van der Waals surface area contributed by atoms with Crippen molar-refractivity contribution in [1.82, 2.24) is 0 Å². The second-order valence-electron chi connectivity index (χ2n) is 5.06. The minimum atomic E-state index is -0.0962. The Morgan fingerprint density at radius 2 is 2.22 bits per heavy atom. The number of alkyl halides is 1. The lowest BCUT2D eigenvalue weighted by molar-refractivity contribution is -0.00467. The molecule has 1 aromatic carbocycles. The van der Waals surface area contributed by atoms with E-state index in [9.17, 15) is 0 Å². The molecule has 0 saturated carbocycles. The molecule has 1 heterocycles. The summed E-state index contributed by atoms with van der Waals surface area (Å²) < 4.78 is 5.63. The van der Waals surface area contributed by atoms with E-state index < -0.39 is 0 Å². The number of piperidine rings is 1. The summed E-state index contributed by atoms with van der Waals surface area (Å²) in [6.07, 6.45) is 2.19. The summed E-state index contributed by atoms with van der Waals surface area (Å²) in [5, 5.41) is 0.772. The number of halogens is 2. The molecule has 18 heavy (non-hydrogen) atoms. The van der Waals surface area contributed by atoms with Crippen molar-refractivity contribution in [3.8, 4) is 0 Å². The van der Waals surface area contributed by atoms with Gasteiger partial charge in [0.1, 0.15) is 0 Å². The first-order valence-corrected chi connectivity index (χ1v) is 7.14. The van der Waals surface area contributed by atoms with Gasteiger partial charge in [-0.3, -0.25) is 0 Å². The molecule has 2 nitrogen and oxygen atoms in total. The first kappa shape index (κ1) is 14.0. The molecule has 0 N–H and O–H groups in total. The lowest BCUT2D eigenvalue weighted by atomic mass is 9.94. The van der Waals surface area contributed by atoms with Gasteiger partial charge in [0.15, 0.2) is 0 Å². The number of nitrogens with zero attached hydrogens (tertiary/aromatic N) is 1. The van der Waals surface area contributed by atoms with Crippen molar-refractivity contribution in [2.75, 3.05) is 25.1 Å². The molecule has 0 aromatic heterocycles. The smallest absolute Gasteiger partial charge is 0.0825 e. The van der Waals surface area contributed by atoms with Crippen LogP contribution in [0.3, 0.4) is 0 Å². The van der Waals surface area contributed by atoms with Gasteiger partial charge in [-0.25, -0.2) is 0 Å². The van der Waals surface area contributed by atoms with Gasteiger partial charge in [0.2, 0.25) is 0 Å². The topological polar surface area (TPSA) is 12.5 Å². The van der Waals surface area contributed by atoms with Crippen LogP contribution in [0.1, 0.15) is 25.3 Å². The Bertz CT molecular complexity index is 424. The van der Waals surface area contributed by atoms with Gasteiger partial charge in [-0.15, -0.1) is 11.6 Å². The van der Waals surface area contributed by atoms with E-state index in [-0.39, 0.29) is 5.60 Å². The average molecular weight is 288 g/mol. The number of hydrogen-bond acceptors (Lipinski definition) is 2.